The van der Waals surface area contributed by atoms with E-state index in [0.717, 1.165) is 25.9 Å². The highest BCUT2D eigenvalue weighted by Crippen LogP contribution is 2.24. The molecule has 0 atom stereocenters. The van der Waals surface area contributed by atoms with Crippen molar-refractivity contribution in [2.45, 2.75) is 19.3 Å². The fourth-order valence-electron chi connectivity index (χ4n) is 2.41. The molecule has 0 unspecified atom stereocenters. The van der Waals surface area contributed by atoms with Gasteiger partial charge in [0.25, 0.3) is 5.91 Å². The second kappa shape index (κ2) is 6.03. The number of aromatic nitrogens is 3. The zero-order valence-electron chi connectivity index (χ0n) is 11.3. The first-order valence-corrected chi connectivity index (χ1v) is 7.58. The lowest BCUT2D eigenvalue weighted by atomic mass is 10.1. The first kappa shape index (κ1) is 14.4. The molecule has 21 heavy (non-hydrogen) atoms. The zero-order chi connectivity index (χ0) is 14.8. The van der Waals surface area contributed by atoms with Gasteiger partial charge in [-0.3, -0.25) is 4.79 Å². The molecular formula is C14H14Cl2N4O. The van der Waals surface area contributed by atoms with Crippen LogP contribution in [0.15, 0.2) is 24.4 Å². The summed E-state index contributed by atoms with van der Waals surface area (Å²) < 4.78 is 1.50. The molecule has 0 bridgehead atoms. The summed E-state index contributed by atoms with van der Waals surface area (Å²) in [5, 5.41) is 8.96. The van der Waals surface area contributed by atoms with Gasteiger partial charge in [0.05, 0.1) is 16.9 Å². The number of likely N-dealkylation sites (tertiary alicyclic amines) is 1. The topological polar surface area (TPSA) is 51.0 Å². The smallest absolute Gasteiger partial charge is 0.276 e. The van der Waals surface area contributed by atoms with Crippen LogP contribution in [0.1, 0.15) is 29.8 Å². The summed E-state index contributed by atoms with van der Waals surface area (Å²) in [5.74, 6) is -0.0777. The Labute approximate surface area is 132 Å². The van der Waals surface area contributed by atoms with Crippen LogP contribution in [0.4, 0.5) is 0 Å². The molecule has 1 aromatic carbocycles. The van der Waals surface area contributed by atoms with Crippen LogP contribution in [0, 0.1) is 0 Å². The minimum absolute atomic E-state index is 0.0777. The van der Waals surface area contributed by atoms with E-state index in [0.29, 0.717) is 21.4 Å². The Balaban J connectivity index is 1.84. The Kier molecular flexibility index (Phi) is 4.12. The highest BCUT2D eigenvalue weighted by molar-refractivity contribution is 6.35. The molecule has 2 heterocycles. The molecule has 3 rings (SSSR count). The van der Waals surface area contributed by atoms with Gasteiger partial charge in [-0.1, -0.05) is 28.4 Å². The van der Waals surface area contributed by atoms with Gasteiger partial charge in [-0.25, -0.2) is 4.68 Å². The molecule has 5 nitrogen and oxygen atoms in total. The molecule has 1 aliphatic rings. The van der Waals surface area contributed by atoms with Crippen LogP contribution in [-0.4, -0.2) is 38.9 Å². The summed E-state index contributed by atoms with van der Waals surface area (Å²) in [4.78, 5) is 14.2. The van der Waals surface area contributed by atoms with E-state index in [1.807, 2.05) is 4.90 Å². The van der Waals surface area contributed by atoms with Crippen molar-refractivity contribution in [3.05, 3.63) is 40.1 Å². The van der Waals surface area contributed by atoms with Gasteiger partial charge in [-0.05, 0) is 37.5 Å². The number of carbonyl (C=O) groups excluding carboxylic acids is 1. The lowest BCUT2D eigenvalue weighted by Gasteiger charge is -2.25. The van der Waals surface area contributed by atoms with E-state index in [4.69, 9.17) is 23.2 Å². The maximum Gasteiger partial charge on any atom is 0.276 e. The normalized spacial score (nSPS) is 15.2. The summed E-state index contributed by atoms with van der Waals surface area (Å²) in [6, 6.07) is 5.09. The predicted molar refractivity (Wildman–Crippen MR) is 81.1 cm³/mol. The second-order valence-corrected chi connectivity index (χ2v) is 5.84. The average Bonchev–Trinajstić information content (AvgIpc) is 2.97. The van der Waals surface area contributed by atoms with Gasteiger partial charge in [0.15, 0.2) is 5.69 Å². The first-order valence-electron chi connectivity index (χ1n) is 6.82. The van der Waals surface area contributed by atoms with Crippen LogP contribution in [0.25, 0.3) is 5.69 Å². The van der Waals surface area contributed by atoms with Gasteiger partial charge >= 0.3 is 0 Å². The monoisotopic (exact) mass is 324 g/mol. The SMILES string of the molecule is O=C(c1cn(-c2ccc(Cl)cc2Cl)nn1)N1CCCCC1. The number of benzene rings is 1. The maximum atomic E-state index is 12.3. The van der Waals surface area contributed by atoms with Gasteiger partial charge < -0.3 is 4.90 Å². The van der Waals surface area contributed by atoms with Gasteiger partial charge in [0.2, 0.25) is 0 Å². The summed E-state index contributed by atoms with van der Waals surface area (Å²) in [5.41, 5.74) is 0.981. The zero-order valence-corrected chi connectivity index (χ0v) is 12.8. The molecule has 1 amide bonds. The lowest BCUT2D eigenvalue weighted by molar-refractivity contribution is 0.0718. The van der Waals surface area contributed by atoms with Crippen molar-refractivity contribution in [2.75, 3.05) is 13.1 Å². The molecule has 0 spiro atoms. The summed E-state index contributed by atoms with van der Waals surface area (Å²) >= 11 is 12.0. The number of nitrogens with zero attached hydrogens (tertiary/aromatic N) is 4. The van der Waals surface area contributed by atoms with Gasteiger partial charge in [0.1, 0.15) is 0 Å². The fraction of sp³-hybridized carbons (Fsp3) is 0.357. The lowest BCUT2D eigenvalue weighted by Crippen LogP contribution is -2.35. The van der Waals surface area contributed by atoms with Gasteiger partial charge in [-0.15, -0.1) is 5.10 Å². The standard InChI is InChI=1S/C14H14Cl2N4O/c15-10-4-5-13(11(16)8-10)20-9-12(17-18-20)14(21)19-6-2-1-3-7-19/h4-5,8-9H,1-3,6-7H2. The number of hydrogen-bond acceptors (Lipinski definition) is 3. The Hall–Kier alpha value is -1.59. The van der Waals surface area contributed by atoms with E-state index in [1.54, 1.807) is 24.4 Å². The second-order valence-electron chi connectivity index (χ2n) is 5.00. The van der Waals surface area contributed by atoms with Crippen LogP contribution in [-0.2, 0) is 0 Å². The number of amides is 1. The Morgan fingerprint density at radius 3 is 2.62 bits per heavy atom. The van der Waals surface area contributed by atoms with E-state index < -0.39 is 0 Å². The average molecular weight is 325 g/mol. The number of hydrogen-bond donors (Lipinski definition) is 0. The number of piperidine rings is 1. The van der Waals surface area contributed by atoms with Crippen molar-refractivity contribution < 1.29 is 4.79 Å². The molecular weight excluding hydrogens is 311 g/mol. The number of rotatable bonds is 2. The van der Waals surface area contributed by atoms with Gasteiger partial charge in [0, 0.05) is 18.1 Å². The van der Waals surface area contributed by atoms with E-state index in [2.05, 4.69) is 10.3 Å². The highest BCUT2D eigenvalue weighted by Gasteiger charge is 2.21. The van der Waals surface area contributed by atoms with Crippen LogP contribution in [0.5, 0.6) is 0 Å². The van der Waals surface area contributed by atoms with Crippen molar-refractivity contribution in [3.63, 3.8) is 0 Å². The quantitative estimate of drug-likeness (QED) is 0.852. The van der Waals surface area contributed by atoms with E-state index >= 15 is 0 Å². The predicted octanol–water partition coefficient (Wildman–Crippen LogP) is 3.20. The van der Waals surface area contributed by atoms with Gasteiger partial charge in [-0.2, -0.15) is 0 Å². The Morgan fingerprint density at radius 2 is 1.90 bits per heavy atom. The van der Waals surface area contributed by atoms with Crippen molar-refractivity contribution >= 4 is 29.1 Å². The third-order valence-electron chi connectivity index (χ3n) is 3.51. The molecule has 1 aromatic heterocycles. The van der Waals surface area contributed by atoms with Crippen LogP contribution in [0.2, 0.25) is 10.0 Å². The molecule has 2 aromatic rings. The third kappa shape index (κ3) is 3.04. The molecule has 0 radical (unpaired) electrons. The number of halogens is 2. The highest BCUT2D eigenvalue weighted by atomic mass is 35.5. The van der Waals surface area contributed by atoms with E-state index in [-0.39, 0.29) is 5.91 Å². The molecule has 1 fully saturated rings. The molecule has 1 aliphatic heterocycles. The molecule has 7 heteroatoms. The van der Waals surface area contributed by atoms with E-state index in [1.165, 1.54) is 11.1 Å². The maximum absolute atomic E-state index is 12.3. The minimum Gasteiger partial charge on any atom is -0.337 e. The van der Waals surface area contributed by atoms with Crippen LogP contribution in [0.3, 0.4) is 0 Å². The summed E-state index contributed by atoms with van der Waals surface area (Å²) in [6.07, 6.45) is 4.87. The van der Waals surface area contributed by atoms with Crippen molar-refractivity contribution in [1.82, 2.24) is 19.9 Å². The Bertz CT molecular complexity index is 665. The molecule has 110 valence electrons. The van der Waals surface area contributed by atoms with Crippen LogP contribution >= 0.6 is 23.2 Å². The molecule has 0 N–H and O–H groups in total. The first-order chi connectivity index (χ1) is 10.1. The van der Waals surface area contributed by atoms with Crippen molar-refractivity contribution in [3.8, 4) is 5.69 Å². The Morgan fingerprint density at radius 1 is 1.14 bits per heavy atom. The van der Waals surface area contributed by atoms with E-state index in [9.17, 15) is 4.79 Å². The molecule has 0 aliphatic carbocycles. The third-order valence-corrected chi connectivity index (χ3v) is 4.05. The molecule has 0 saturated carbocycles. The largest absolute Gasteiger partial charge is 0.337 e. The summed E-state index contributed by atoms with van der Waals surface area (Å²) in [7, 11) is 0. The van der Waals surface area contributed by atoms with Crippen molar-refractivity contribution in [1.29, 1.82) is 0 Å². The van der Waals surface area contributed by atoms with Crippen molar-refractivity contribution in [2.24, 2.45) is 0 Å². The summed E-state index contributed by atoms with van der Waals surface area (Å²) in [6.45, 7) is 1.57. The molecule has 1 saturated heterocycles. The van der Waals surface area contributed by atoms with Crippen LogP contribution < -0.4 is 0 Å². The number of carbonyl (C=O) groups is 1. The minimum atomic E-state index is -0.0777. The fourth-order valence-corrected chi connectivity index (χ4v) is 2.90.